The first-order valence-electron chi connectivity index (χ1n) is 3.74. The molecule has 0 aromatic carbocycles. The lowest BCUT2D eigenvalue weighted by atomic mass is 10.3. The van der Waals surface area contributed by atoms with Crippen LogP contribution in [0.1, 0.15) is 33.1 Å². The molecule has 0 heterocycles. The van der Waals surface area contributed by atoms with Crippen LogP contribution in [-0.2, 0) is 4.74 Å². The van der Waals surface area contributed by atoms with Crippen LogP contribution in [0.3, 0.4) is 0 Å². The Morgan fingerprint density at radius 3 is 2.90 bits per heavy atom. The highest BCUT2D eigenvalue weighted by molar-refractivity contribution is 4.94. The molecule has 0 spiro atoms. The maximum Gasteiger partial charge on any atom is 0.0833 e. The van der Waals surface area contributed by atoms with Gasteiger partial charge in [-0.15, -0.1) is 11.8 Å². The molecule has 10 heavy (non-hydrogen) atoms. The first-order valence-corrected chi connectivity index (χ1v) is 3.74. The molecule has 1 radical (unpaired) electrons. The van der Waals surface area contributed by atoms with Crippen molar-refractivity contribution in [3.05, 3.63) is 6.61 Å². The van der Waals surface area contributed by atoms with Crippen molar-refractivity contribution >= 4 is 0 Å². The summed E-state index contributed by atoms with van der Waals surface area (Å²) in [5, 5.41) is 0. The zero-order valence-corrected chi connectivity index (χ0v) is 6.81. The molecular formula is C9H15O. The molecule has 0 aliphatic heterocycles. The van der Waals surface area contributed by atoms with E-state index >= 15 is 0 Å². The van der Waals surface area contributed by atoms with Gasteiger partial charge in [0.1, 0.15) is 0 Å². The smallest absolute Gasteiger partial charge is 0.0833 e. The average molecular weight is 139 g/mol. The Hall–Kier alpha value is -0.480. The second-order valence-electron chi connectivity index (χ2n) is 1.98. The monoisotopic (exact) mass is 139 g/mol. The lowest BCUT2D eigenvalue weighted by Crippen LogP contribution is -1.89. The Bertz CT molecular complexity index is 108. The van der Waals surface area contributed by atoms with Crippen LogP contribution in [0.25, 0.3) is 0 Å². The van der Waals surface area contributed by atoms with Gasteiger partial charge in [0.15, 0.2) is 0 Å². The lowest BCUT2D eigenvalue weighted by Gasteiger charge is -1.96. The van der Waals surface area contributed by atoms with Gasteiger partial charge in [-0.25, -0.2) is 0 Å². The van der Waals surface area contributed by atoms with Crippen molar-refractivity contribution in [2.75, 3.05) is 6.61 Å². The van der Waals surface area contributed by atoms with Gasteiger partial charge >= 0.3 is 0 Å². The van der Waals surface area contributed by atoms with Gasteiger partial charge in [0.05, 0.1) is 6.61 Å². The van der Waals surface area contributed by atoms with E-state index in [1.54, 1.807) is 0 Å². The van der Waals surface area contributed by atoms with Crippen molar-refractivity contribution in [2.45, 2.75) is 33.1 Å². The van der Waals surface area contributed by atoms with Crippen LogP contribution in [0, 0.1) is 18.4 Å². The third kappa shape index (κ3) is 7.52. The summed E-state index contributed by atoms with van der Waals surface area (Å²) in [4.78, 5) is 0. The molecule has 0 aliphatic carbocycles. The largest absolute Gasteiger partial charge is 0.375 e. The minimum Gasteiger partial charge on any atom is -0.375 e. The lowest BCUT2D eigenvalue weighted by molar-refractivity contribution is 0.192. The Labute approximate surface area is 63.8 Å². The van der Waals surface area contributed by atoms with E-state index in [0.29, 0.717) is 0 Å². The summed E-state index contributed by atoms with van der Waals surface area (Å²) in [6.07, 6.45) is 2.98. The SMILES string of the molecule is CC#CCCCO[CH]CC. The zero-order valence-electron chi connectivity index (χ0n) is 6.81. The van der Waals surface area contributed by atoms with Crippen LogP contribution in [-0.4, -0.2) is 6.61 Å². The van der Waals surface area contributed by atoms with Crippen LogP contribution in [0.4, 0.5) is 0 Å². The van der Waals surface area contributed by atoms with Gasteiger partial charge in [0.2, 0.25) is 0 Å². The fourth-order valence-electron chi connectivity index (χ4n) is 0.570. The molecule has 0 amide bonds. The Kier molecular flexibility index (Phi) is 8.11. The Morgan fingerprint density at radius 1 is 1.50 bits per heavy atom. The van der Waals surface area contributed by atoms with E-state index in [9.17, 15) is 0 Å². The quantitative estimate of drug-likeness (QED) is 0.419. The minimum atomic E-state index is 0.808. The first-order chi connectivity index (χ1) is 4.91. The van der Waals surface area contributed by atoms with Gasteiger partial charge in [-0.05, 0) is 19.8 Å². The van der Waals surface area contributed by atoms with Crippen molar-refractivity contribution in [3.63, 3.8) is 0 Å². The average Bonchev–Trinajstić information content (AvgIpc) is 1.97. The number of hydrogen-bond donors (Lipinski definition) is 0. The molecule has 0 rings (SSSR count). The minimum absolute atomic E-state index is 0.808. The highest BCUT2D eigenvalue weighted by Crippen LogP contribution is 1.92. The van der Waals surface area contributed by atoms with Crippen LogP contribution in [0.2, 0.25) is 0 Å². The fraction of sp³-hybridized carbons (Fsp3) is 0.667. The molecule has 0 aromatic heterocycles. The Balaban J connectivity index is 2.82. The van der Waals surface area contributed by atoms with E-state index in [0.717, 1.165) is 25.9 Å². The van der Waals surface area contributed by atoms with E-state index in [2.05, 4.69) is 18.8 Å². The van der Waals surface area contributed by atoms with Crippen LogP contribution in [0.15, 0.2) is 0 Å². The molecule has 57 valence electrons. The second kappa shape index (κ2) is 8.52. The summed E-state index contributed by atoms with van der Waals surface area (Å²) in [5.41, 5.74) is 0. The fourth-order valence-corrected chi connectivity index (χ4v) is 0.570. The van der Waals surface area contributed by atoms with Crippen molar-refractivity contribution in [1.82, 2.24) is 0 Å². The predicted molar refractivity (Wildman–Crippen MR) is 43.2 cm³/mol. The molecule has 0 aliphatic rings. The Morgan fingerprint density at radius 2 is 2.30 bits per heavy atom. The standard InChI is InChI=1S/C9H15O/c1-3-5-6-7-9-10-8-4-2/h8H,4,6-7,9H2,1-2H3. The summed E-state index contributed by atoms with van der Waals surface area (Å²) in [6, 6.07) is 0. The zero-order chi connectivity index (χ0) is 7.66. The van der Waals surface area contributed by atoms with Crippen LogP contribution < -0.4 is 0 Å². The molecule has 0 saturated heterocycles. The molecule has 1 nitrogen and oxygen atoms in total. The molecule has 0 bridgehead atoms. The maximum atomic E-state index is 5.14. The van der Waals surface area contributed by atoms with Gasteiger partial charge in [0, 0.05) is 13.0 Å². The topological polar surface area (TPSA) is 9.23 Å². The normalized spacial score (nSPS) is 8.60. The van der Waals surface area contributed by atoms with Crippen LogP contribution in [0.5, 0.6) is 0 Å². The summed E-state index contributed by atoms with van der Waals surface area (Å²) < 4.78 is 5.14. The van der Waals surface area contributed by atoms with Gasteiger partial charge in [-0.1, -0.05) is 6.92 Å². The van der Waals surface area contributed by atoms with E-state index in [-0.39, 0.29) is 0 Å². The van der Waals surface area contributed by atoms with Crippen molar-refractivity contribution in [2.24, 2.45) is 0 Å². The molecule has 0 saturated carbocycles. The molecule has 0 atom stereocenters. The van der Waals surface area contributed by atoms with Gasteiger partial charge in [-0.2, -0.15) is 0 Å². The highest BCUT2D eigenvalue weighted by Gasteiger charge is 1.84. The predicted octanol–water partition coefficient (Wildman–Crippen LogP) is 2.38. The molecule has 0 N–H and O–H groups in total. The van der Waals surface area contributed by atoms with Crippen molar-refractivity contribution < 1.29 is 4.74 Å². The highest BCUT2D eigenvalue weighted by atomic mass is 16.5. The maximum absolute atomic E-state index is 5.14. The van der Waals surface area contributed by atoms with E-state index in [1.165, 1.54) is 0 Å². The van der Waals surface area contributed by atoms with Gasteiger partial charge in [0.25, 0.3) is 0 Å². The second-order valence-corrected chi connectivity index (χ2v) is 1.98. The molecule has 1 heteroatoms. The van der Waals surface area contributed by atoms with Gasteiger partial charge in [-0.3, -0.25) is 0 Å². The molecule has 0 unspecified atom stereocenters. The first kappa shape index (κ1) is 9.52. The van der Waals surface area contributed by atoms with E-state index in [4.69, 9.17) is 4.74 Å². The van der Waals surface area contributed by atoms with Crippen LogP contribution >= 0.6 is 0 Å². The summed E-state index contributed by atoms with van der Waals surface area (Å²) in [5.74, 6) is 5.82. The van der Waals surface area contributed by atoms with E-state index in [1.807, 2.05) is 13.5 Å². The van der Waals surface area contributed by atoms with Crippen molar-refractivity contribution in [1.29, 1.82) is 0 Å². The summed E-state index contributed by atoms with van der Waals surface area (Å²) >= 11 is 0. The van der Waals surface area contributed by atoms with Crippen molar-refractivity contribution in [3.8, 4) is 11.8 Å². The summed E-state index contributed by atoms with van der Waals surface area (Å²) in [6.45, 7) is 6.56. The third-order valence-electron chi connectivity index (χ3n) is 1.03. The number of ether oxygens (including phenoxy) is 1. The molecular weight excluding hydrogens is 124 g/mol. The number of hydrogen-bond acceptors (Lipinski definition) is 1. The number of rotatable bonds is 5. The molecule has 0 aromatic rings. The third-order valence-corrected chi connectivity index (χ3v) is 1.03. The molecule has 0 fully saturated rings. The number of unbranched alkanes of at least 4 members (excludes halogenated alkanes) is 1. The van der Waals surface area contributed by atoms with Gasteiger partial charge < -0.3 is 4.74 Å². The summed E-state index contributed by atoms with van der Waals surface area (Å²) in [7, 11) is 0. The van der Waals surface area contributed by atoms with E-state index < -0.39 is 0 Å².